The third-order valence-corrected chi connectivity index (χ3v) is 4.18. The molecule has 0 atom stereocenters. The van der Waals surface area contributed by atoms with E-state index in [1.807, 2.05) is 24.3 Å². The van der Waals surface area contributed by atoms with Gasteiger partial charge in [-0.25, -0.2) is 8.78 Å². The molecule has 0 radical (unpaired) electrons. The molecule has 1 aliphatic rings. The number of alkyl halides is 2. The maximum atomic E-state index is 12.8. The highest BCUT2D eigenvalue weighted by atomic mass is 35.5. The fourth-order valence-corrected chi connectivity index (χ4v) is 2.91. The third-order valence-electron chi connectivity index (χ3n) is 3.95. The molecule has 1 amide bonds. The zero-order valence-corrected chi connectivity index (χ0v) is 12.9. The molecule has 0 bridgehead atoms. The fraction of sp³-hybridized carbons (Fsp3) is 0.562. The molecule has 0 aromatic heterocycles. The molecule has 0 saturated carbocycles. The summed E-state index contributed by atoms with van der Waals surface area (Å²) in [4.78, 5) is 13.6. The fourth-order valence-electron chi connectivity index (χ4n) is 2.71. The zero-order chi connectivity index (χ0) is 15.5. The van der Waals surface area contributed by atoms with Gasteiger partial charge in [-0.3, -0.25) is 4.79 Å². The number of carbonyl (C=O) groups is 1. The van der Waals surface area contributed by atoms with Crippen LogP contribution in [0.15, 0.2) is 24.3 Å². The van der Waals surface area contributed by atoms with Gasteiger partial charge in [0.15, 0.2) is 0 Å². The van der Waals surface area contributed by atoms with Crippen molar-refractivity contribution in [3.8, 4) is 0 Å². The number of amides is 1. The molecule has 21 heavy (non-hydrogen) atoms. The van der Waals surface area contributed by atoms with Crippen LogP contribution in [-0.4, -0.2) is 29.8 Å². The van der Waals surface area contributed by atoms with Crippen LogP contribution >= 0.6 is 11.6 Å². The molecule has 1 aromatic carbocycles. The van der Waals surface area contributed by atoms with Gasteiger partial charge in [0.25, 0.3) is 0 Å². The summed E-state index contributed by atoms with van der Waals surface area (Å²) in [5.41, 5.74) is 1.19. The number of nitrogens with zero attached hydrogens (tertiary/aromatic N) is 1. The highest BCUT2D eigenvalue weighted by Gasteiger charge is 2.27. The largest absolute Gasteiger partial charge is 0.343 e. The molecule has 2 rings (SSSR count). The lowest BCUT2D eigenvalue weighted by atomic mass is 9.89. The predicted octanol–water partition coefficient (Wildman–Crippen LogP) is 4.48. The van der Waals surface area contributed by atoms with E-state index in [0.29, 0.717) is 19.0 Å². The number of hydrogen-bond donors (Lipinski definition) is 0. The van der Waals surface area contributed by atoms with Gasteiger partial charge in [0.05, 0.1) is 0 Å². The van der Waals surface area contributed by atoms with Crippen LogP contribution in [0.25, 0.3) is 0 Å². The number of hydrogen-bond acceptors (Lipinski definition) is 1. The summed E-state index contributed by atoms with van der Waals surface area (Å²) in [5.74, 6) is -2.55. The molecule has 1 saturated heterocycles. The van der Waals surface area contributed by atoms with Crippen LogP contribution in [0.1, 0.15) is 44.1 Å². The molecule has 1 aromatic rings. The SMILES string of the molecule is CC(F)(F)CCC(=O)N1CCC(c2cccc(Cl)c2)CC1. The van der Waals surface area contributed by atoms with E-state index in [-0.39, 0.29) is 18.7 Å². The third kappa shape index (κ3) is 4.95. The van der Waals surface area contributed by atoms with Crippen LogP contribution in [0, 0.1) is 0 Å². The highest BCUT2D eigenvalue weighted by molar-refractivity contribution is 6.30. The van der Waals surface area contributed by atoms with Crippen molar-refractivity contribution in [1.82, 2.24) is 4.90 Å². The molecule has 1 aliphatic heterocycles. The minimum Gasteiger partial charge on any atom is -0.343 e. The van der Waals surface area contributed by atoms with Crippen molar-refractivity contribution in [2.24, 2.45) is 0 Å². The molecule has 1 heterocycles. The summed E-state index contributed by atoms with van der Waals surface area (Å²) in [7, 11) is 0. The van der Waals surface area contributed by atoms with E-state index in [1.54, 1.807) is 4.90 Å². The Morgan fingerprint density at radius 2 is 2.05 bits per heavy atom. The molecule has 2 nitrogen and oxygen atoms in total. The van der Waals surface area contributed by atoms with E-state index in [0.717, 1.165) is 24.8 Å². The van der Waals surface area contributed by atoms with Crippen molar-refractivity contribution in [2.45, 2.75) is 44.4 Å². The van der Waals surface area contributed by atoms with Gasteiger partial charge in [0.2, 0.25) is 11.8 Å². The lowest BCUT2D eigenvalue weighted by molar-refractivity contribution is -0.134. The Hall–Kier alpha value is -1.16. The number of halogens is 3. The van der Waals surface area contributed by atoms with E-state index in [4.69, 9.17) is 11.6 Å². The van der Waals surface area contributed by atoms with Crippen LogP contribution in [-0.2, 0) is 4.79 Å². The lowest BCUT2D eigenvalue weighted by Gasteiger charge is -2.32. The lowest BCUT2D eigenvalue weighted by Crippen LogP contribution is -2.38. The van der Waals surface area contributed by atoms with Gasteiger partial charge in [-0.15, -0.1) is 0 Å². The van der Waals surface area contributed by atoms with Crippen molar-refractivity contribution >= 4 is 17.5 Å². The van der Waals surface area contributed by atoms with E-state index >= 15 is 0 Å². The Kier molecular flexibility index (Phi) is 5.20. The predicted molar refractivity (Wildman–Crippen MR) is 79.9 cm³/mol. The van der Waals surface area contributed by atoms with Crippen molar-refractivity contribution in [3.05, 3.63) is 34.9 Å². The van der Waals surface area contributed by atoms with Crippen molar-refractivity contribution in [1.29, 1.82) is 0 Å². The first-order valence-electron chi connectivity index (χ1n) is 7.26. The molecule has 0 aliphatic carbocycles. The zero-order valence-electron chi connectivity index (χ0n) is 12.1. The molecule has 0 N–H and O–H groups in total. The van der Waals surface area contributed by atoms with Gasteiger partial charge in [0, 0.05) is 31.0 Å². The quantitative estimate of drug-likeness (QED) is 0.802. The average Bonchev–Trinajstić information content (AvgIpc) is 2.44. The van der Waals surface area contributed by atoms with Gasteiger partial charge in [-0.2, -0.15) is 0 Å². The second-order valence-corrected chi connectivity index (χ2v) is 6.22. The van der Waals surface area contributed by atoms with Gasteiger partial charge in [0.1, 0.15) is 0 Å². The minimum absolute atomic E-state index is 0.0780. The number of benzene rings is 1. The Morgan fingerprint density at radius 3 is 2.62 bits per heavy atom. The number of piperidine rings is 1. The maximum Gasteiger partial charge on any atom is 0.245 e. The first-order chi connectivity index (χ1) is 9.85. The van der Waals surface area contributed by atoms with Crippen molar-refractivity contribution < 1.29 is 13.6 Å². The Labute approximate surface area is 129 Å². The number of carbonyl (C=O) groups excluding carboxylic acids is 1. The standard InChI is InChI=1S/C16H20ClF2NO/c1-16(18,19)8-5-15(21)20-9-6-12(7-10-20)13-3-2-4-14(17)11-13/h2-4,11-12H,5-10H2,1H3. The highest BCUT2D eigenvalue weighted by Crippen LogP contribution is 2.30. The minimum atomic E-state index is -2.77. The van der Waals surface area contributed by atoms with Crippen LogP contribution in [0.5, 0.6) is 0 Å². The summed E-state index contributed by atoms with van der Waals surface area (Å²) in [6.45, 7) is 2.11. The van der Waals surface area contributed by atoms with Crippen LogP contribution in [0.3, 0.4) is 0 Å². The summed E-state index contributed by atoms with van der Waals surface area (Å²) in [6, 6.07) is 7.78. The molecule has 0 spiro atoms. The number of rotatable bonds is 4. The van der Waals surface area contributed by atoms with Crippen LogP contribution in [0.4, 0.5) is 8.78 Å². The summed E-state index contributed by atoms with van der Waals surface area (Å²) in [5, 5.41) is 0.719. The summed E-state index contributed by atoms with van der Waals surface area (Å²) < 4.78 is 25.6. The topological polar surface area (TPSA) is 20.3 Å². The maximum absolute atomic E-state index is 12.8. The first-order valence-corrected chi connectivity index (χ1v) is 7.64. The Bertz CT molecular complexity index is 493. The second-order valence-electron chi connectivity index (χ2n) is 5.78. The van der Waals surface area contributed by atoms with Crippen molar-refractivity contribution in [2.75, 3.05) is 13.1 Å². The summed E-state index contributed by atoms with van der Waals surface area (Å²) >= 11 is 5.99. The van der Waals surface area contributed by atoms with E-state index < -0.39 is 5.92 Å². The van der Waals surface area contributed by atoms with E-state index in [1.165, 1.54) is 5.56 Å². The average molecular weight is 316 g/mol. The van der Waals surface area contributed by atoms with Gasteiger partial charge < -0.3 is 4.90 Å². The van der Waals surface area contributed by atoms with E-state index in [9.17, 15) is 13.6 Å². The van der Waals surface area contributed by atoms with Gasteiger partial charge in [-0.05, 0) is 43.4 Å². The van der Waals surface area contributed by atoms with E-state index in [2.05, 4.69) is 0 Å². The van der Waals surface area contributed by atoms with Crippen LogP contribution < -0.4 is 0 Å². The Morgan fingerprint density at radius 1 is 1.38 bits per heavy atom. The molecular formula is C16H20ClF2NO. The Balaban J connectivity index is 1.84. The molecular weight excluding hydrogens is 296 g/mol. The monoisotopic (exact) mass is 315 g/mol. The van der Waals surface area contributed by atoms with Gasteiger partial charge in [-0.1, -0.05) is 23.7 Å². The van der Waals surface area contributed by atoms with Crippen molar-refractivity contribution in [3.63, 3.8) is 0 Å². The molecule has 1 fully saturated rings. The smallest absolute Gasteiger partial charge is 0.245 e. The molecule has 5 heteroatoms. The van der Waals surface area contributed by atoms with Gasteiger partial charge >= 0.3 is 0 Å². The normalized spacial score (nSPS) is 17.0. The summed E-state index contributed by atoms with van der Waals surface area (Å²) in [6.07, 6.45) is 1.26. The van der Waals surface area contributed by atoms with Crippen LogP contribution in [0.2, 0.25) is 5.02 Å². The second kappa shape index (κ2) is 6.73. The molecule has 116 valence electrons. The number of likely N-dealkylation sites (tertiary alicyclic amines) is 1. The first kappa shape index (κ1) is 16.2. The molecule has 0 unspecified atom stereocenters.